The summed E-state index contributed by atoms with van der Waals surface area (Å²) >= 11 is 0. The van der Waals surface area contributed by atoms with Gasteiger partial charge >= 0.3 is 5.97 Å². The molecule has 4 rings (SSSR count). The number of amides is 2. The third-order valence-corrected chi connectivity index (χ3v) is 9.94. The van der Waals surface area contributed by atoms with Gasteiger partial charge in [-0.1, -0.05) is 0 Å². The zero-order valence-corrected chi connectivity index (χ0v) is 30.3. The van der Waals surface area contributed by atoms with Crippen LogP contribution >= 0.6 is 0 Å². The van der Waals surface area contributed by atoms with Crippen molar-refractivity contribution in [3.63, 3.8) is 0 Å². The van der Waals surface area contributed by atoms with Gasteiger partial charge in [0, 0.05) is 20.3 Å². The molecule has 15 N–H and O–H groups in total. The molecule has 0 aromatic heterocycles. The number of carboxylic acids is 1. The van der Waals surface area contributed by atoms with E-state index >= 15 is 0 Å². The molecule has 25 heteroatoms. The fourth-order valence-corrected chi connectivity index (χ4v) is 6.88. The van der Waals surface area contributed by atoms with Gasteiger partial charge in [-0.25, -0.2) is 4.79 Å². The Morgan fingerprint density at radius 2 is 1.30 bits per heavy atom. The molecule has 4 aliphatic rings. The first-order valence-electron chi connectivity index (χ1n) is 17.6. The maximum Gasteiger partial charge on any atom is 0.364 e. The Bertz CT molecular complexity index is 1330. The van der Waals surface area contributed by atoms with E-state index in [0.717, 1.165) is 13.8 Å². The smallest absolute Gasteiger partial charge is 0.364 e. The molecule has 0 radical (unpaired) electrons. The molecule has 56 heavy (non-hydrogen) atoms. The highest BCUT2D eigenvalue weighted by molar-refractivity contribution is 5.76. The number of ether oxygens (including phenoxy) is 7. The summed E-state index contributed by atoms with van der Waals surface area (Å²) in [5, 5.41) is 141. The molecule has 0 aliphatic carbocycles. The lowest BCUT2D eigenvalue weighted by molar-refractivity contribution is -0.375. The van der Waals surface area contributed by atoms with E-state index in [1.807, 2.05) is 0 Å². The molecule has 4 heterocycles. The lowest BCUT2D eigenvalue weighted by Crippen LogP contribution is -2.69. The van der Waals surface area contributed by atoms with Gasteiger partial charge in [-0.3, -0.25) is 9.59 Å². The zero-order chi connectivity index (χ0) is 42.0. The fourth-order valence-electron chi connectivity index (χ4n) is 6.88. The van der Waals surface area contributed by atoms with Gasteiger partial charge in [0.25, 0.3) is 5.79 Å². The van der Waals surface area contributed by atoms with Crippen LogP contribution in [0.2, 0.25) is 0 Å². The highest BCUT2D eigenvalue weighted by Crippen LogP contribution is 2.36. The number of nitrogens with one attached hydrogen (secondary N) is 2. The van der Waals surface area contributed by atoms with Gasteiger partial charge < -0.3 is 110 Å². The van der Waals surface area contributed by atoms with E-state index < -0.39 is 172 Å². The molecule has 21 atom stereocenters. The Morgan fingerprint density at radius 1 is 0.750 bits per heavy atom. The number of aliphatic hydroxyl groups excluding tert-OH is 12. The minimum Gasteiger partial charge on any atom is -0.477 e. The Balaban J connectivity index is 1.61. The average Bonchev–Trinajstić information content (AvgIpc) is 3.14. The number of rotatable bonds is 14. The molecule has 4 aliphatic heterocycles. The molecular formula is C31H52N2O23. The predicted octanol–water partition coefficient (Wildman–Crippen LogP) is -9.23. The summed E-state index contributed by atoms with van der Waals surface area (Å²) in [7, 11) is 0. The van der Waals surface area contributed by atoms with Crippen LogP contribution in [0.3, 0.4) is 0 Å². The molecule has 0 aromatic carbocycles. The van der Waals surface area contributed by atoms with Gasteiger partial charge in [-0.2, -0.15) is 0 Å². The van der Waals surface area contributed by atoms with E-state index in [1.54, 1.807) is 0 Å². The predicted molar refractivity (Wildman–Crippen MR) is 173 cm³/mol. The number of carboxylic acid groups (broad SMARTS) is 1. The van der Waals surface area contributed by atoms with Crippen LogP contribution in [0, 0.1) is 0 Å². The highest BCUT2D eigenvalue weighted by Gasteiger charge is 2.58. The molecule has 4 saturated heterocycles. The number of carbonyl (C=O) groups excluding carboxylic acids is 2. The first kappa shape index (κ1) is 46.3. The Labute approximate surface area is 317 Å². The minimum atomic E-state index is -2.91. The third-order valence-electron chi connectivity index (χ3n) is 9.94. The SMILES string of the molecule is CC(=O)N[C@@H]1[C@@H](O[C@@H]2O[C@@H](C)[C@@H](O)[C@@H](O)[C@@H]2O)[C@H](O[C@@H]2O[C@H](CO[C@]3(C(=O)O)C[C@H](O)[C@@H](NC(C)=O)[C@H]([C@H](O)[C@H](O)CO)O3)[C@H](O)[C@H](O)[C@H]2O)[C@@H](CO)O[C@H]1O. The number of carbonyl (C=O) groups is 3. The highest BCUT2D eigenvalue weighted by atomic mass is 16.8. The Kier molecular flexibility index (Phi) is 15.8. The normalized spacial score (nSPS) is 45.7. The third kappa shape index (κ3) is 9.91. The summed E-state index contributed by atoms with van der Waals surface area (Å²) in [6.45, 7) is 0.389. The minimum absolute atomic E-state index is 0.750. The van der Waals surface area contributed by atoms with Gasteiger partial charge in [-0.15, -0.1) is 0 Å². The van der Waals surface area contributed by atoms with Gasteiger partial charge in [0.05, 0.1) is 38.1 Å². The number of hydrogen-bond donors (Lipinski definition) is 15. The lowest BCUT2D eigenvalue weighted by Gasteiger charge is -2.49. The van der Waals surface area contributed by atoms with Crippen LogP contribution in [0.25, 0.3) is 0 Å². The lowest BCUT2D eigenvalue weighted by atomic mass is 9.88. The van der Waals surface area contributed by atoms with Gasteiger partial charge in [0.2, 0.25) is 11.8 Å². The summed E-state index contributed by atoms with van der Waals surface area (Å²) in [4.78, 5) is 36.6. The molecule has 0 aromatic rings. The van der Waals surface area contributed by atoms with Crippen LogP contribution in [-0.2, 0) is 47.5 Å². The van der Waals surface area contributed by atoms with Crippen molar-refractivity contribution in [2.75, 3.05) is 19.8 Å². The molecule has 0 saturated carbocycles. The number of aliphatic hydroxyl groups is 12. The summed E-state index contributed by atoms with van der Waals surface area (Å²) in [6.07, 6.45) is -34.2. The van der Waals surface area contributed by atoms with Crippen LogP contribution in [0.5, 0.6) is 0 Å². The van der Waals surface area contributed by atoms with Crippen LogP contribution < -0.4 is 10.6 Å². The van der Waals surface area contributed by atoms with Crippen molar-refractivity contribution in [3.05, 3.63) is 0 Å². The van der Waals surface area contributed by atoms with Crippen LogP contribution in [0.1, 0.15) is 27.2 Å². The maximum absolute atomic E-state index is 12.6. The molecule has 2 amide bonds. The standard InChI is InChI=1S/C31H52N2O23/c1-8-17(40)20(43)22(45)28(51-8)55-26-16(33-10(3)37)27(47)52-13(6-35)24(26)54-29-23(46)21(44)19(42)14(53-29)7-50-31(30(48)49)4-11(38)15(32-9(2)36)25(56-31)18(41)12(39)5-34/h8,11-29,34-35,38-47H,4-7H2,1-3H3,(H,32,36)(H,33,37)(H,48,49)/t8-,11-,12+,13+,14+,15+,16+,17+,18+,19-,20+,21-,22-,23+,24+,25+,26+,27+,28-,29-,31+/m0/s1. The first-order chi connectivity index (χ1) is 26.2. The Morgan fingerprint density at radius 3 is 1.86 bits per heavy atom. The van der Waals surface area contributed by atoms with Crippen molar-refractivity contribution in [1.29, 1.82) is 0 Å². The van der Waals surface area contributed by atoms with Crippen LogP contribution in [0.4, 0.5) is 0 Å². The summed E-state index contributed by atoms with van der Waals surface area (Å²) in [5.41, 5.74) is 0. The van der Waals surface area contributed by atoms with Gasteiger partial charge in [0.15, 0.2) is 18.9 Å². The van der Waals surface area contributed by atoms with Crippen molar-refractivity contribution in [2.24, 2.45) is 0 Å². The molecule has 0 bridgehead atoms. The van der Waals surface area contributed by atoms with E-state index in [2.05, 4.69) is 10.6 Å². The van der Waals surface area contributed by atoms with E-state index in [1.165, 1.54) is 6.92 Å². The monoisotopic (exact) mass is 820 g/mol. The van der Waals surface area contributed by atoms with Crippen LogP contribution in [0.15, 0.2) is 0 Å². The molecule has 324 valence electrons. The van der Waals surface area contributed by atoms with E-state index in [4.69, 9.17) is 33.2 Å². The van der Waals surface area contributed by atoms with E-state index in [0.29, 0.717) is 0 Å². The zero-order valence-electron chi connectivity index (χ0n) is 30.3. The molecular weight excluding hydrogens is 768 g/mol. The van der Waals surface area contributed by atoms with Crippen molar-refractivity contribution < 1.29 is 114 Å². The molecule has 0 unspecified atom stereocenters. The topological polar surface area (TPSA) is 403 Å². The van der Waals surface area contributed by atoms with E-state index in [-0.39, 0.29) is 0 Å². The second kappa shape index (κ2) is 19.1. The first-order valence-corrected chi connectivity index (χ1v) is 17.6. The second-order valence-corrected chi connectivity index (χ2v) is 14.1. The van der Waals surface area contributed by atoms with Crippen molar-refractivity contribution in [1.82, 2.24) is 10.6 Å². The van der Waals surface area contributed by atoms with Crippen molar-refractivity contribution in [2.45, 2.75) is 155 Å². The van der Waals surface area contributed by atoms with E-state index in [9.17, 15) is 80.8 Å². The largest absolute Gasteiger partial charge is 0.477 e. The maximum atomic E-state index is 12.6. The molecule has 4 fully saturated rings. The summed E-state index contributed by atoms with van der Waals surface area (Å²) < 4.78 is 39.4. The molecule has 25 nitrogen and oxygen atoms in total. The van der Waals surface area contributed by atoms with Crippen molar-refractivity contribution in [3.8, 4) is 0 Å². The van der Waals surface area contributed by atoms with Gasteiger partial charge in [0.1, 0.15) is 85.4 Å². The number of hydrogen-bond acceptors (Lipinski definition) is 22. The summed E-state index contributed by atoms with van der Waals surface area (Å²) in [5.74, 6) is -6.33. The molecule has 0 spiro atoms. The quantitative estimate of drug-likeness (QED) is 0.0773. The van der Waals surface area contributed by atoms with Gasteiger partial charge in [-0.05, 0) is 6.92 Å². The average molecular weight is 821 g/mol. The number of aliphatic carboxylic acids is 1. The summed E-state index contributed by atoms with van der Waals surface area (Å²) in [6, 6.07) is -3.13. The van der Waals surface area contributed by atoms with Crippen molar-refractivity contribution >= 4 is 17.8 Å². The fraction of sp³-hybridized carbons (Fsp3) is 0.903. The van der Waals surface area contributed by atoms with Crippen LogP contribution in [-0.4, -0.2) is 232 Å². The Hall–Kier alpha value is -2.35. The second-order valence-electron chi connectivity index (χ2n) is 14.1.